The molecule has 2 saturated heterocycles. The summed E-state index contributed by atoms with van der Waals surface area (Å²) in [5.41, 5.74) is 3.86. The Balaban J connectivity index is 1.30. The monoisotopic (exact) mass is 567 g/mol. The van der Waals surface area contributed by atoms with Crippen molar-refractivity contribution in [2.24, 2.45) is 5.92 Å². The first-order valence-corrected chi connectivity index (χ1v) is 14.8. The number of pyridine rings is 1. The first-order chi connectivity index (χ1) is 20.5. The molecule has 2 unspecified atom stereocenters. The number of piperazine rings is 1. The molecule has 2 aliphatic heterocycles. The molecule has 0 radical (unpaired) electrons. The average Bonchev–Trinajstić information content (AvgIpc) is 3.48. The van der Waals surface area contributed by atoms with Crippen molar-refractivity contribution in [3.8, 4) is 17.3 Å². The summed E-state index contributed by atoms with van der Waals surface area (Å²) in [6, 6.07) is 6.13. The van der Waals surface area contributed by atoms with Gasteiger partial charge in [0.25, 0.3) is 0 Å². The molecule has 3 aromatic rings. The molecule has 7 rings (SSSR count). The van der Waals surface area contributed by atoms with Crippen LogP contribution in [0.3, 0.4) is 0 Å². The molecule has 10 heteroatoms. The van der Waals surface area contributed by atoms with Gasteiger partial charge in [0.15, 0.2) is 5.82 Å². The van der Waals surface area contributed by atoms with Crippen LogP contribution in [0.1, 0.15) is 36.3 Å². The number of aromatic nitrogens is 3. The van der Waals surface area contributed by atoms with E-state index in [1.54, 1.807) is 11.1 Å². The van der Waals surface area contributed by atoms with Crippen LogP contribution in [0, 0.1) is 18.3 Å². The van der Waals surface area contributed by atoms with Gasteiger partial charge in [0, 0.05) is 37.4 Å². The number of carbonyl (C=O) groups is 1. The predicted molar refractivity (Wildman–Crippen MR) is 158 cm³/mol. The van der Waals surface area contributed by atoms with Gasteiger partial charge in [0.05, 0.1) is 5.39 Å². The highest BCUT2D eigenvalue weighted by molar-refractivity contribution is 5.93. The molecule has 2 aliphatic carbocycles. The summed E-state index contributed by atoms with van der Waals surface area (Å²) in [5.74, 6) is 0.988. The summed E-state index contributed by atoms with van der Waals surface area (Å²) >= 11 is 0. The Bertz CT molecular complexity index is 1620. The largest absolute Gasteiger partial charge is 0.462 e. The van der Waals surface area contributed by atoms with Crippen LogP contribution in [0.2, 0.25) is 0 Å². The van der Waals surface area contributed by atoms with Gasteiger partial charge in [-0.15, -0.1) is 0 Å². The quantitative estimate of drug-likeness (QED) is 0.314. The summed E-state index contributed by atoms with van der Waals surface area (Å²) in [6.45, 7) is 13.9. The van der Waals surface area contributed by atoms with Gasteiger partial charge < -0.3 is 24.3 Å². The van der Waals surface area contributed by atoms with Crippen LogP contribution in [0.25, 0.3) is 27.0 Å². The summed E-state index contributed by atoms with van der Waals surface area (Å²) in [5, 5.41) is 0.489. The SMILES string of the molecule is [C-]#[N+]C[C@H]1CN(c2nc(OC[C@@H]3CCCN3C)nc3c(F)c(-c4cccc5c4C4CC4C5)ncc23)CCN1C(=O)C=C. The van der Waals surface area contributed by atoms with E-state index < -0.39 is 5.82 Å². The third kappa shape index (κ3) is 4.56. The number of carbonyl (C=O) groups excluding carboxylic acids is 1. The molecule has 0 N–H and O–H groups in total. The minimum Gasteiger partial charge on any atom is -0.462 e. The van der Waals surface area contributed by atoms with Gasteiger partial charge in [-0.05, 0) is 68.3 Å². The van der Waals surface area contributed by atoms with Crippen LogP contribution in [0.5, 0.6) is 6.01 Å². The Kier molecular flexibility index (Phi) is 6.77. The number of hydrogen-bond acceptors (Lipinski definition) is 7. The fraction of sp³-hybridized carbons (Fsp3) is 0.469. The maximum Gasteiger partial charge on any atom is 0.319 e. The fourth-order valence-corrected chi connectivity index (χ4v) is 7.14. The summed E-state index contributed by atoms with van der Waals surface area (Å²) < 4.78 is 22.7. The maximum absolute atomic E-state index is 16.6. The number of hydrogen-bond donors (Lipinski definition) is 0. The molecular formula is C32H34FN7O2. The van der Waals surface area contributed by atoms with Crippen molar-refractivity contribution in [3.05, 3.63) is 65.4 Å². The summed E-state index contributed by atoms with van der Waals surface area (Å²) in [4.78, 5) is 36.1. The number of amides is 1. The van der Waals surface area contributed by atoms with E-state index in [-0.39, 0.29) is 36.1 Å². The Morgan fingerprint density at radius 1 is 1.26 bits per heavy atom. The molecule has 4 atom stereocenters. The molecule has 0 spiro atoms. The summed E-state index contributed by atoms with van der Waals surface area (Å²) in [6.07, 6.45) is 7.29. The van der Waals surface area contributed by atoms with Crippen molar-refractivity contribution in [2.45, 2.75) is 43.7 Å². The number of rotatable bonds is 7. The first kappa shape index (κ1) is 26.8. The highest BCUT2D eigenvalue weighted by Crippen LogP contribution is 2.58. The Morgan fingerprint density at radius 2 is 2.14 bits per heavy atom. The number of likely N-dealkylation sites (tertiary alicyclic amines) is 1. The van der Waals surface area contributed by atoms with E-state index in [0.717, 1.165) is 37.8 Å². The number of halogens is 1. The minimum absolute atomic E-state index is 0.126. The topological polar surface area (TPSA) is 79.1 Å². The van der Waals surface area contributed by atoms with Gasteiger partial charge in [-0.25, -0.2) is 11.0 Å². The molecule has 1 amide bonds. The molecule has 3 fully saturated rings. The Morgan fingerprint density at radius 3 is 2.93 bits per heavy atom. The van der Waals surface area contributed by atoms with Crippen molar-refractivity contribution in [2.75, 3.05) is 51.3 Å². The third-order valence-corrected chi connectivity index (χ3v) is 9.49. The van der Waals surface area contributed by atoms with Gasteiger partial charge in [-0.1, -0.05) is 24.8 Å². The number of ether oxygens (including phenoxy) is 1. The number of anilines is 1. The van der Waals surface area contributed by atoms with E-state index in [4.69, 9.17) is 16.3 Å². The predicted octanol–water partition coefficient (Wildman–Crippen LogP) is 4.09. The van der Waals surface area contributed by atoms with Gasteiger partial charge in [-0.3, -0.25) is 9.78 Å². The lowest BCUT2D eigenvalue weighted by Crippen LogP contribution is -2.56. The molecule has 1 aromatic carbocycles. The summed E-state index contributed by atoms with van der Waals surface area (Å²) in [7, 11) is 2.08. The van der Waals surface area contributed by atoms with Crippen LogP contribution in [0.4, 0.5) is 10.2 Å². The average molecular weight is 568 g/mol. The van der Waals surface area contributed by atoms with Crippen LogP contribution in [0.15, 0.2) is 37.1 Å². The van der Waals surface area contributed by atoms with Crippen LogP contribution < -0.4 is 9.64 Å². The number of fused-ring (bicyclic) bond motifs is 4. The van der Waals surface area contributed by atoms with E-state index in [1.807, 2.05) is 17.0 Å². The van der Waals surface area contributed by atoms with E-state index in [2.05, 4.69) is 39.4 Å². The van der Waals surface area contributed by atoms with E-state index in [0.29, 0.717) is 55.0 Å². The molecule has 4 aliphatic rings. The van der Waals surface area contributed by atoms with Crippen molar-refractivity contribution in [1.82, 2.24) is 24.8 Å². The third-order valence-electron chi connectivity index (χ3n) is 9.49. The Labute approximate surface area is 244 Å². The molecule has 216 valence electrons. The maximum atomic E-state index is 16.6. The molecular weight excluding hydrogens is 533 g/mol. The van der Waals surface area contributed by atoms with Crippen LogP contribution in [-0.4, -0.2) is 89.1 Å². The molecule has 0 bridgehead atoms. The van der Waals surface area contributed by atoms with Gasteiger partial charge >= 0.3 is 6.01 Å². The second-order valence-electron chi connectivity index (χ2n) is 12.0. The highest BCUT2D eigenvalue weighted by atomic mass is 19.1. The second kappa shape index (κ2) is 10.6. The molecule has 42 heavy (non-hydrogen) atoms. The van der Waals surface area contributed by atoms with Crippen LogP contribution in [-0.2, 0) is 11.2 Å². The standard InChI is InChI=1S/C32H34FN7O2/c1-4-26(41)40-12-11-39(17-22(40)15-34-2)31-25-16-35-29(23-9-5-7-19-13-20-14-24(20)27(19)23)28(33)30(25)36-32(37-31)42-18-21-8-6-10-38(21)3/h4-5,7,9,16,20-22,24H,1,6,8,10-15,17-18H2,3H3/t20?,21-,22-,24?/m0/s1. The number of nitrogens with zero attached hydrogens (tertiary/aromatic N) is 7. The van der Waals surface area contributed by atoms with E-state index in [1.165, 1.54) is 17.2 Å². The molecule has 2 aromatic heterocycles. The zero-order valence-electron chi connectivity index (χ0n) is 23.8. The molecule has 4 heterocycles. The number of likely N-dealkylation sites (N-methyl/N-ethyl adjacent to an activating group) is 1. The lowest BCUT2D eigenvalue weighted by atomic mass is 9.96. The fourth-order valence-electron chi connectivity index (χ4n) is 7.14. The first-order valence-electron chi connectivity index (χ1n) is 14.8. The molecule has 9 nitrogen and oxygen atoms in total. The van der Waals surface area contributed by atoms with E-state index in [9.17, 15) is 4.79 Å². The van der Waals surface area contributed by atoms with Gasteiger partial charge in [0.2, 0.25) is 12.5 Å². The Hall–Kier alpha value is -4.10. The van der Waals surface area contributed by atoms with Crippen molar-refractivity contribution in [3.63, 3.8) is 0 Å². The zero-order valence-corrected chi connectivity index (χ0v) is 23.8. The normalized spacial score (nSPS) is 24.8. The lowest BCUT2D eigenvalue weighted by Gasteiger charge is -2.39. The van der Waals surface area contributed by atoms with E-state index >= 15 is 4.39 Å². The second-order valence-corrected chi connectivity index (χ2v) is 12.0. The van der Waals surface area contributed by atoms with Gasteiger partial charge in [0.1, 0.15) is 29.7 Å². The number of benzene rings is 1. The smallest absolute Gasteiger partial charge is 0.319 e. The highest BCUT2D eigenvalue weighted by Gasteiger charge is 2.46. The van der Waals surface area contributed by atoms with Gasteiger partial charge in [-0.2, -0.15) is 9.97 Å². The van der Waals surface area contributed by atoms with Crippen LogP contribution >= 0.6 is 0 Å². The van der Waals surface area contributed by atoms with Crippen molar-refractivity contribution < 1.29 is 13.9 Å². The van der Waals surface area contributed by atoms with Crippen molar-refractivity contribution >= 4 is 22.6 Å². The zero-order chi connectivity index (χ0) is 29.0. The minimum atomic E-state index is -0.477. The van der Waals surface area contributed by atoms with Crippen molar-refractivity contribution in [1.29, 1.82) is 0 Å². The lowest BCUT2D eigenvalue weighted by molar-refractivity contribution is -0.128. The molecule has 1 saturated carbocycles.